The van der Waals surface area contributed by atoms with Crippen LogP contribution in [0.1, 0.15) is 10.4 Å². The number of halogens is 2. The van der Waals surface area contributed by atoms with E-state index in [0.29, 0.717) is 22.0 Å². The lowest BCUT2D eigenvalue weighted by molar-refractivity contribution is 0.102. The molecule has 0 spiro atoms. The van der Waals surface area contributed by atoms with Crippen LogP contribution >= 0.6 is 11.6 Å². The summed E-state index contributed by atoms with van der Waals surface area (Å²) in [7, 11) is 1.60. The van der Waals surface area contributed by atoms with Crippen molar-refractivity contribution >= 4 is 23.5 Å². The van der Waals surface area contributed by atoms with E-state index in [9.17, 15) is 9.18 Å². The number of nitrogens with zero attached hydrogens (tertiary/aromatic N) is 2. The third-order valence-corrected chi connectivity index (χ3v) is 4.84. The van der Waals surface area contributed by atoms with E-state index in [2.05, 4.69) is 15.3 Å². The second kappa shape index (κ2) is 8.93. The molecule has 1 amide bonds. The first-order chi connectivity index (χ1) is 15.0. The summed E-state index contributed by atoms with van der Waals surface area (Å²) in [4.78, 5) is 21.6. The average Bonchev–Trinajstić information content (AvgIpc) is 2.80. The quantitative estimate of drug-likeness (QED) is 0.428. The van der Waals surface area contributed by atoms with Gasteiger partial charge in [-0.15, -0.1) is 0 Å². The Morgan fingerprint density at radius 2 is 1.42 bits per heavy atom. The number of amides is 1. The maximum atomic E-state index is 13.2. The molecule has 4 rings (SSSR count). The van der Waals surface area contributed by atoms with Crippen LogP contribution in [-0.4, -0.2) is 23.0 Å². The van der Waals surface area contributed by atoms with Gasteiger partial charge in [0.15, 0.2) is 0 Å². The predicted octanol–water partition coefficient (Wildman–Crippen LogP) is 5.86. The van der Waals surface area contributed by atoms with E-state index in [1.165, 1.54) is 24.3 Å². The van der Waals surface area contributed by atoms with Gasteiger partial charge in [-0.1, -0.05) is 23.7 Å². The smallest absolute Gasteiger partial charge is 0.258 e. The van der Waals surface area contributed by atoms with Crippen LogP contribution in [0, 0.1) is 5.82 Å². The van der Waals surface area contributed by atoms with E-state index in [0.717, 1.165) is 16.9 Å². The Balaban J connectivity index is 1.73. The molecule has 31 heavy (non-hydrogen) atoms. The molecule has 0 radical (unpaired) electrons. The third kappa shape index (κ3) is 4.87. The normalized spacial score (nSPS) is 10.5. The van der Waals surface area contributed by atoms with Crippen LogP contribution in [0.15, 0.2) is 78.9 Å². The van der Waals surface area contributed by atoms with Crippen LogP contribution in [0.25, 0.3) is 22.5 Å². The molecule has 0 aliphatic heterocycles. The fourth-order valence-electron chi connectivity index (χ4n) is 2.96. The fourth-order valence-corrected chi connectivity index (χ4v) is 3.08. The largest absolute Gasteiger partial charge is 0.497 e. The zero-order valence-corrected chi connectivity index (χ0v) is 17.2. The molecule has 1 N–H and O–H groups in total. The number of ether oxygens (including phenoxy) is 1. The molecule has 154 valence electrons. The molecule has 1 heterocycles. The summed E-state index contributed by atoms with van der Waals surface area (Å²) in [6.45, 7) is 0. The van der Waals surface area contributed by atoms with Crippen molar-refractivity contribution in [1.29, 1.82) is 0 Å². The summed E-state index contributed by atoms with van der Waals surface area (Å²) in [6, 6.07) is 21.7. The lowest BCUT2D eigenvalue weighted by atomic mass is 10.1. The highest BCUT2D eigenvalue weighted by atomic mass is 35.5. The van der Waals surface area contributed by atoms with Crippen LogP contribution in [0.2, 0.25) is 5.02 Å². The van der Waals surface area contributed by atoms with E-state index in [4.69, 9.17) is 16.3 Å². The van der Waals surface area contributed by atoms with Gasteiger partial charge in [-0.05, 0) is 66.7 Å². The van der Waals surface area contributed by atoms with E-state index >= 15 is 0 Å². The molecule has 7 heteroatoms. The number of benzene rings is 3. The van der Waals surface area contributed by atoms with Crippen molar-refractivity contribution in [3.8, 4) is 28.3 Å². The van der Waals surface area contributed by atoms with E-state index in [1.807, 2.05) is 42.5 Å². The van der Waals surface area contributed by atoms with Crippen molar-refractivity contribution in [3.05, 3.63) is 95.3 Å². The van der Waals surface area contributed by atoms with Gasteiger partial charge in [0.1, 0.15) is 11.6 Å². The Hall–Kier alpha value is -3.77. The molecule has 0 saturated carbocycles. The molecule has 5 nitrogen and oxygen atoms in total. The molecule has 1 aromatic heterocycles. The lowest BCUT2D eigenvalue weighted by Crippen LogP contribution is -2.14. The van der Waals surface area contributed by atoms with E-state index in [1.54, 1.807) is 19.2 Å². The number of methoxy groups -OCH3 is 1. The minimum absolute atomic E-state index is 0.132. The van der Waals surface area contributed by atoms with Gasteiger partial charge in [-0.25, -0.2) is 14.4 Å². The molecule has 4 aromatic rings. The first-order valence-corrected chi connectivity index (χ1v) is 9.76. The topological polar surface area (TPSA) is 64.1 Å². The lowest BCUT2D eigenvalue weighted by Gasteiger charge is -2.10. The van der Waals surface area contributed by atoms with Crippen molar-refractivity contribution in [1.82, 2.24) is 9.97 Å². The van der Waals surface area contributed by atoms with Crippen molar-refractivity contribution in [3.63, 3.8) is 0 Å². The van der Waals surface area contributed by atoms with Gasteiger partial charge in [0, 0.05) is 21.7 Å². The van der Waals surface area contributed by atoms with Crippen LogP contribution in [-0.2, 0) is 0 Å². The van der Waals surface area contributed by atoms with Gasteiger partial charge in [0.25, 0.3) is 5.91 Å². The van der Waals surface area contributed by atoms with Gasteiger partial charge in [0.2, 0.25) is 5.95 Å². The number of hydrogen-bond donors (Lipinski definition) is 1. The zero-order chi connectivity index (χ0) is 21.8. The van der Waals surface area contributed by atoms with Crippen molar-refractivity contribution in [2.45, 2.75) is 0 Å². The van der Waals surface area contributed by atoms with Gasteiger partial charge in [-0.2, -0.15) is 0 Å². The van der Waals surface area contributed by atoms with Crippen molar-refractivity contribution < 1.29 is 13.9 Å². The number of aromatic nitrogens is 2. The molecular formula is C24H17ClFN3O2. The Labute approximate surface area is 183 Å². The van der Waals surface area contributed by atoms with Crippen molar-refractivity contribution in [2.24, 2.45) is 0 Å². The second-order valence-electron chi connectivity index (χ2n) is 6.66. The standard InChI is InChI=1S/C24H17ClFN3O2/c1-31-20-12-6-16(7-13-20)22-14-21(15-2-8-18(25)9-3-15)27-24(28-22)29-23(30)17-4-10-19(26)11-5-17/h2-14H,1H3,(H,27,28,29,30). The van der Waals surface area contributed by atoms with E-state index < -0.39 is 11.7 Å². The van der Waals surface area contributed by atoms with Gasteiger partial charge < -0.3 is 4.74 Å². The molecule has 0 aliphatic carbocycles. The first kappa shape index (κ1) is 20.5. The highest BCUT2D eigenvalue weighted by Gasteiger charge is 2.13. The average molecular weight is 434 g/mol. The molecule has 0 saturated heterocycles. The van der Waals surface area contributed by atoms with Crippen LogP contribution in [0.3, 0.4) is 0 Å². The molecule has 3 aromatic carbocycles. The Bertz CT molecular complexity index is 1210. The fraction of sp³-hybridized carbons (Fsp3) is 0.0417. The monoisotopic (exact) mass is 433 g/mol. The predicted molar refractivity (Wildman–Crippen MR) is 119 cm³/mol. The summed E-state index contributed by atoms with van der Waals surface area (Å²) < 4.78 is 18.4. The van der Waals surface area contributed by atoms with Crippen LogP contribution in [0.5, 0.6) is 5.75 Å². The highest BCUT2D eigenvalue weighted by molar-refractivity contribution is 6.30. The minimum atomic E-state index is -0.436. The number of anilines is 1. The minimum Gasteiger partial charge on any atom is -0.497 e. The van der Waals surface area contributed by atoms with E-state index in [-0.39, 0.29) is 5.95 Å². The summed E-state index contributed by atoms with van der Waals surface area (Å²) in [5, 5.41) is 3.31. The summed E-state index contributed by atoms with van der Waals surface area (Å²) >= 11 is 6.01. The maximum Gasteiger partial charge on any atom is 0.258 e. The SMILES string of the molecule is COc1ccc(-c2cc(-c3ccc(Cl)cc3)nc(NC(=O)c3ccc(F)cc3)n2)cc1. The Morgan fingerprint density at radius 3 is 1.97 bits per heavy atom. The number of carbonyl (C=O) groups excluding carboxylic acids is 1. The molecule has 0 atom stereocenters. The first-order valence-electron chi connectivity index (χ1n) is 9.38. The second-order valence-corrected chi connectivity index (χ2v) is 7.09. The molecule has 0 unspecified atom stereocenters. The summed E-state index contributed by atoms with van der Waals surface area (Å²) in [5.74, 6) is 0.00132. The molecule has 0 fully saturated rings. The van der Waals surface area contributed by atoms with Crippen LogP contribution in [0.4, 0.5) is 10.3 Å². The molecular weight excluding hydrogens is 417 g/mol. The highest BCUT2D eigenvalue weighted by Crippen LogP contribution is 2.27. The Morgan fingerprint density at radius 1 is 0.871 bits per heavy atom. The summed E-state index contributed by atoms with van der Waals surface area (Å²) in [5.41, 5.74) is 3.19. The van der Waals surface area contributed by atoms with Gasteiger partial charge in [-0.3, -0.25) is 10.1 Å². The molecule has 0 bridgehead atoms. The van der Waals surface area contributed by atoms with Crippen molar-refractivity contribution in [2.75, 3.05) is 12.4 Å². The summed E-state index contributed by atoms with van der Waals surface area (Å²) in [6.07, 6.45) is 0. The van der Waals surface area contributed by atoms with Gasteiger partial charge in [0.05, 0.1) is 18.5 Å². The maximum absolute atomic E-state index is 13.2. The molecule has 0 aliphatic rings. The number of carbonyl (C=O) groups is 1. The van der Waals surface area contributed by atoms with Crippen LogP contribution < -0.4 is 10.1 Å². The number of hydrogen-bond acceptors (Lipinski definition) is 4. The third-order valence-electron chi connectivity index (χ3n) is 4.58. The number of rotatable bonds is 5. The Kier molecular flexibility index (Phi) is 5.91. The zero-order valence-electron chi connectivity index (χ0n) is 16.5. The van der Waals surface area contributed by atoms with Gasteiger partial charge >= 0.3 is 0 Å². The number of nitrogens with one attached hydrogen (secondary N) is 1.